The quantitative estimate of drug-likeness (QED) is 0.273. The molecule has 0 aliphatic carbocycles. The number of hydrogen-bond acceptors (Lipinski definition) is 6. The third-order valence-electron chi connectivity index (χ3n) is 6.53. The lowest BCUT2D eigenvalue weighted by Crippen LogP contribution is -2.53. The number of aliphatic hydroxyl groups excluding tert-OH is 1. The van der Waals surface area contributed by atoms with E-state index >= 15 is 0 Å². The van der Waals surface area contributed by atoms with Crippen LogP contribution in [0.25, 0.3) is 10.8 Å². The van der Waals surface area contributed by atoms with Gasteiger partial charge in [-0.25, -0.2) is 4.79 Å². The molecule has 0 radical (unpaired) electrons. The number of benzene rings is 3. The van der Waals surface area contributed by atoms with Crippen molar-refractivity contribution in [2.45, 2.75) is 58.7 Å². The second-order valence-electron chi connectivity index (χ2n) is 11.0. The molecule has 2 atom stereocenters. The van der Waals surface area contributed by atoms with E-state index in [0.29, 0.717) is 23.4 Å². The molecule has 3 N–H and O–H groups in total. The first-order chi connectivity index (χ1) is 19.4. The van der Waals surface area contributed by atoms with Crippen LogP contribution in [0.2, 0.25) is 0 Å². The highest BCUT2D eigenvalue weighted by Gasteiger charge is 2.36. The summed E-state index contributed by atoms with van der Waals surface area (Å²) in [5.41, 5.74) is 2.24. The number of nitrogens with one attached hydrogen (secondary N) is 2. The minimum Gasteiger partial charge on any atom is -0.444 e. The van der Waals surface area contributed by atoms with Crippen molar-refractivity contribution in [2.75, 3.05) is 30.5 Å². The fourth-order valence-corrected chi connectivity index (χ4v) is 5.07. The average molecular weight is 580 g/mol. The summed E-state index contributed by atoms with van der Waals surface area (Å²) >= 11 is 1.54. The Kier molecular flexibility index (Phi) is 11.2. The number of anilines is 1. The normalized spacial score (nSPS) is 12.9. The maximum Gasteiger partial charge on any atom is 0.408 e. The molecule has 0 bridgehead atoms. The zero-order valence-corrected chi connectivity index (χ0v) is 25.5. The SMILES string of the molecule is CSCCC(NC(=O)OC(C)(C)C)C(=O)N(CCO)C(C(=O)Nc1ccc2ccccc2c1)c1cc(C)ccc1C. The topological polar surface area (TPSA) is 108 Å². The molecule has 0 fully saturated rings. The van der Waals surface area contributed by atoms with Gasteiger partial charge in [-0.1, -0.05) is 54.1 Å². The Hall–Kier alpha value is -3.56. The van der Waals surface area contributed by atoms with Crippen LogP contribution in [0.3, 0.4) is 0 Å². The number of rotatable bonds is 11. The molecule has 0 saturated carbocycles. The van der Waals surface area contributed by atoms with E-state index in [9.17, 15) is 19.5 Å². The number of alkyl carbamates (subject to hydrolysis) is 1. The highest BCUT2D eigenvalue weighted by atomic mass is 32.2. The number of thioether (sulfide) groups is 1. The summed E-state index contributed by atoms with van der Waals surface area (Å²) in [4.78, 5) is 42.3. The van der Waals surface area contributed by atoms with Crippen LogP contribution in [0.1, 0.15) is 49.9 Å². The first-order valence-electron chi connectivity index (χ1n) is 13.7. The van der Waals surface area contributed by atoms with E-state index in [4.69, 9.17) is 4.74 Å². The van der Waals surface area contributed by atoms with Gasteiger partial charge in [-0.2, -0.15) is 11.8 Å². The first-order valence-corrected chi connectivity index (χ1v) is 15.1. The molecule has 2 unspecified atom stereocenters. The summed E-state index contributed by atoms with van der Waals surface area (Å²) in [5.74, 6) is -0.299. The van der Waals surface area contributed by atoms with Crippen molar-refractivity contribution in [1.29, 1.82) is 0 Å². The molecule has 3 rings (SSSR count). The van der Waals surface area contributed by atoms with Gasteiger partial charge < -0.3 is 25.4 Å². The summed E-state index contributed by atoms with van der Waals surface area (Å²) < 4.78 is 5.42. The van der Waals surface area contributed by atoms with E-state index in [1.807, 2.05) is 80.8 Å². The molecular weight excluding hydrogens is 538 g/mol. The summed E-state index contributed by atoms with van der Waals surface area (Å²) in [6.45, 7) is 8.58. The summed E-state index contributed by atoms with van der Waals surface area (Å²) in [6, 6.07) is 17.2. The molecule has 8 nitrogen and oxygen atoms in total. The number of ether oxygens (including phenoxy) is 1. The van der Waals surface area contributed by atoms with Crippen molar-refractivity contribution in [3.8, 4) is 0 Å². The molecule has 0 aliphatic heterocycles. The molecule has 0 saturated heterocycles. The summed E-state index contributed by atoms with van der Waals surface area (Å²) in [5, 5.41) is 17.8. The van der Waals surface area contributed by atoms with Crippen LogP contribution in [0.5, 0.6) is 0 Å². The molecule has 3 aromatic carbocycles. The van der Waals surface area contributed by atoms with Gasteiger partial charge in [0.1, 0.15) is 17.7 Å². The minimum atomic E-state index is -1.06. The fraction of sp³-hybridized carbons (Fsp3) is 0.406. The number of aliphatic hydroxyl groups is 1. The van der Waals surface area contributed by atoms with E-state index in [-0.39, 0.29) is 13.2 Å². The third kappa shape index (κ3) is 8.96. The summed E-state index contributed by atoms with van der Waals surface area (Å²) in [6.07, 6.45) is 1.52. The average Bonchev–Trinajstić information content (AvgIpc) is 2.91. The van der Waals surface area contributed by atoms with Crippen molar-refractivity contribution in [3.05, 3.63) is 77.4 Å². The van der Waals surface area contributed by atoms with Gasteiger partial charge in [-0.05, 0) is 87.1 Å². The molecule has 0 spiro atoms. The maximum absolute atomic E-state index is 14.1. The largest absolute Gasteiger partial charge is 0.444 e. The Morgan fingerprint density at radius 1 is 1.00 bits per heavy atom. The molecule has 9 heteroatoms. The zero-order chi connectivity index (χ0) is 30.2. The summed E-state index contributed by atoms with van der Waals surface area (Å²) in [7, 11) is 0. The van der Waals surface area contributed by atoms with Crippen LogP contribution in [-0.2, 0) is 14.3 Å². The van der Waals surface area contributed by atoms with Crippen molar-refractivity contribution in [1.82, 2.24) is 10.2 Å². The van der Waals surface area contributed by atoms with E-state index in [1.165, 1.54) is 16.7 Å². The molecule has 0 heterocycles. The number of hydrogen-bond donors (Lipinski definition) is 3. The first kappa shape index (κ1) is 32.0. The van der Waals surface area contributed by atoms with E-state index in [2.05, 4.69) is 10.6 Å². The monoisotopic (exact) mass is 579 g/mol. The standard InChI is InChI=1S/C32H41N3O5S/c1-21-11-12-22(2)26(19-21)28(29(37)33-25-14-13-23-9-7-8-10-24(23)20-25)35(16-17-36)30(38)27(15-18-41-6)34-31(39)40-32(3,4)5/h7-14,19-20,27-28,36H,15-18H2,1-6H3,(H,33,37)(H,34,39). The Balaban J connectivity index is 2.03. The number of fused-ring (bicyclic) bond motifs is 1. The van der Waals surface area contributed by atoms with Gasteiger partial charge in [0.25, 0.3) is 5.91 Å². The van der Waals surface area contributed by atoms with E-state index in [0.717, 1.165) is 21.9 Å². The van der Waals surface area contributed by atoms with Crippen LogP contribution in [-0.4, -0.2) is 64.7 Å². The lowest BCUT2D eigenvalue weighted by molar-refractivity contribution is -0.141. The van der Waals surface area contributed by atoms with Crippen LogP contribution < -0.4 is 10.6 Å². The number of amides is 3. The van der Waals surface area contributed by atoms with Gasteiger partial charge >= 0.3 is 6.09 Å². The second-order valence-corrected chi connectivity index (χ2v) is 12.0. The van der Waals surface area contributed by atoms with Crippen molar-refractivity contribution in [2.24, 2.45) is 0 Å². The van der Waals surface area contributed by atoms with Gasteiger partial charge in [0.05, 0.1) is 6.61 Å². The molecule has 41 heavy (non-hydrogen) atoms. The molecule has 0 aliphatic rings. The number of aryl methyl sites for hydroxylation is 2. The van der Waals surface area contributed by atoms with E-state index in [1.54, 1.807) is 20.8 Å². The Morgan fingerprint density at radius 3 is 2.37 bits per heavy atom. The van der Waals surface area contributed by atoms with Crippen LogP contribution in [0, 0.1) is 13.8 Å². The predicted molar refractivity (Wildman–Crippen MR) is 166 cm³/mol. The highest BCUT2D eigenvalue weighted by Crippen LogP contribution is 2.29. The number of carbonyl (C=O) groups is 3. The van der Waals surface area contributed by atoms with Gasteiger partial charge in [0.2, 0.25) is 5.91 Å². The fourth-order valence-electron chi connectivity index (χ4n) is 4.60. The van der Waals surface area contributed by atoms with Gasteiger partial charge in [-0.3, -0.25) is 9.59 Å². The number of nitrogens with zero attached hydrogens (tertiary/aromatic N) is 1. The highest BCUT2D eigenvalue weighted by molar-refractivity contribution is 7.98. The van der Waals surface area contributed by atoms with Gasteiger partial charge in [0, 0.05) is 12.2 Å². The van der Waals surface area contributed by atoms with Crippen molar-refractivity contribution < 1.29 is 24.2 Å². The second kappa shape index (κ2) is 14.4. The van der Waals surface area contributed by atoms with Crippen LogP contribution in [0.4, 0.5) is 10.5 Å². The molecular formula is C32H41N3O5S. The third-order valence-corrected chi connectivity index (χ3v) is 7.17. The van der Waals surface area contributed by atoms with E-state index < -0.39 is 35.6 Å². The smallest absolute Gasteiger partial charge is 0.408 e. The predicted octanol–water partition coefficient (Wildman–Crippen LogP) is 5.60. The van der Waals surface area contributed by atoms with Crippen LogP contribution in [0.15, 0.2) is 60.7 Å². The van der Waals surface area contributed by atoms with Crippen LogP contribution >= 0.6 is 11.8 Å². The minimum absolute atomic E-state index is 0.103. The Labute approximate surface area is 246 Å². The lowest BCUT2D eigenvalue weighted by Gasteiger charge is -2.35. The van der Waals surface area contributed by atoms with Gasteiger partial charge in [-0.15, -0.1) is 0 Å². The maximum atomic E-state index is 14.1. The molecule has 3 amide bonds. The Bertz CT molecular complexity index is 1370. The number of carbonyl (C=O) groups excluding carboxylic acids is 3. The zero-order valence-electron chi connectivity index (χ0n) is 24.7. The molecule has 220 valence electrons. The lowest BCUT2D eigenvalue weighted by atomic mass is 9.96. The Morgan fingerprint density at radius 2 is 1.71 bits per heavy atom. The van der Waals surface area contributed by atoms with Crippen molar-refractivity contribution in [3.63, 3.8) is 0 Å². The molecule has 3 aromatic rings. The molecule has 0 aromatic heterocycles. The van der Waals surface area contributed by atoms with Gasteiger partial charge in [0.15, 0.2) is 0 Å². The van der Waals surface area contributed by atoms with Crippen molar-refractivity contribution >= 4 is 46.1 Å².